The summed E-state index contributed by atoms with van der Waals surface area (Å²) in [6.07, 6.45) is 11.0. The fourth-order valence-electron chi connectivity index (χ4n) is 6.52. The van der Waals surface area contributed by atoms with Crippen LogP contribution in [0.25, 0.3) is 0 Å². The average molecular weight is 495 g/mol. The quantitative estimate of drug-likeness (QED) is 0.479. The third-order valence-corrected chi connectivity index (χ3v) is 11.0. The lowest BCUT2D eigenvalue weighted by atomic mass is 9.61. The van der Waals surface area contributed by atoms with Gasteiger partial charge in [0.25, 0.3) is 0 Å². The van der Waals surface area contributed by atoms with E-state index in [9.17, 15) is 23.0 Å². The number of fused-ring (bicyclic) bond motifs is 1. The Morgan fingerprint density at radius 1 is 1.26 bits per heavy atom. The molecule has 0 bridgehead atoms. The van der Waals surface area contributed by atoms with E-state index in [0.717, 1.165) is 37.7 Å². The predicted molar refractivity (Wildman–Crippen MR) is 136 cm³/mol. The summed E-state index contributed by atoms with van der Waals surface area (Å²) in [5.41, 5.74) is 3.15. The maximum Gasteiger partial charge on any atom is 0.211 e. The first-order chi connectivity index (χ1) is 15.7. The van der Waals surface area contributed by atoms with Crippen LogP contribution in [0.2, 0.25) is 0 Å². The standard InChI is InChI=1S/C28H43FO4S/c1-18(9-14-26(29)34(32,33)27(3,4)5)23-12-13-24-20(8-7-15-28(23,24)6)10-11-21-16-22(30)17-25(31)19(21)2/h10-11,14,18,22-25,30-31H,2,7-9,12-13,15-17H2,1,3-6H3/b20-10+,21-11-,26-14+/t18-,22-,23-,24+,25+,28-/m1/s1. The van der Waals surface area contributed by atoms with Gasteiger partial charge in [-0.3, -0.25) is 0 Å². The monoisotopic (exact) mass is 494 g/mol. The van der Waals surface area contributed by atoms with E-state index >= 15 is 0 Å². The predicted octanol–water partition coefficient (Wildman–Crippen LogP) is 6.18. The molecule has 6 atom stereocenters. The van der Waals surface area contributed by atoms with Crippen LogP contribution in [0.1, 0.15) is 86.0 Å². The molecule has 2 N–H and O–H groups in total. The van der Waals surface area contributed by atoms with Crippen LogP contribution in [0.3, 0.4) is 0 Å². The number of halogens is 1. The Hall–Kier alpha value is -1.24. The number of aliphatic hydroxyl groups is 2. The Kier molecular flexibility index (Phi) is 8.06. The van der Waals surface area contributed by atoms with Gasteiger partial charge in [0.05, 0.1) is 17.0 Å². The van der Waals surface area contributed by atoms with Crippen molar-refractivity contribution in [2.24, 2.45) is 23.2 Å². The fourth-order valence-corrected chi connectivity index (χ4v) is 7.42. The molecule has 0 unspecified atom stereocenters. The van der Waals surface area contributed by atoms with E-state index in [0.29, 0.717) is 36.7 Å². The Balaban J connectivity index is 1.76. The fraction of sp³-hybridized carbons (Fsp3) is 0.714. The van der Waals surface area contributed by atoms with Gasteiger partial charge in [0.1, 0.15) is 0 Å². The molecule has 0 aromatic carbocycles. The van der Waals surface area contributed by atoms with Crippen molar-refractivity contribution < 1.29 is 23.0 Å². The molecule has 0 saturated heterocycles. The molecule has 0 amide bonds. The summed E-state index contributed by atoms with van der Waals surface area (Å²) in [5.74, 6) is 1.05. The van der Waals surface area contributed by atoms with Gasteiger partial charge in [-0.15, -0.1) is 0 Å². The topological polar surface area (TPSA) is 74.6 Å². The minimum atomic E-state index is -3.94. The third kappa shape index (κ3) is 5.29. The van der Waals surface area contributed by atoms with Crippen LogP contribution < -0.4 is 0 Å². The van der Waals surface area contributed by atoms with Crippen LogP contribution in [0.15, 0.2) is 46.7 Å². The highest BCUT2D eigenvalue weighted by Gasteiger charge is 2.50. The molecule has 3 rings (SSSR count). The smallest absolute Gasteiger partial charge is 0.211 e. The summed E-state index contributed by atoms with van der Waals surface area (Å²) < 4.78 is 38.2. The Labute approximate surface area is 205 Å². The van der Waals surface area contributed by atoms with Crippen LogP contribution in [0.5, 0.6) is 0 Å². The van der Waals surface area contributed by atoms with Gasteiger partial charge in [0.15, 0.2) is 0 Å². The third-order valence-electron chi connectivity index (χ3n) is 8.70. The molecular formula is C28H43FO4S. The molecule has 3 aliphatic carbocycles. The zero-order chi connectivity index (χ0) is 25.5. The molecule has 0 aliphatic heterocycles. The Morgan fingerprint density at radius 3 is 2.59 bits per heavy atom. The number of sulfone groups is 1. The molecule has 0 heterocycles. The molecule has 3 fully saturated rings. The summed E-state index contributed by atoms with van der Waals surface area (Å²) in [4.78, 5) is 0. The van der Waals surface area contributed by atoms with E-state index in [1.54, 1.807) is 0 Å². The van der Waals surface area contributed by atoms with E-state index in [1.165, 1.54) is 32.4 Å². The van der Waals surface area contributed by atoms with E-state index < -0.39 is 32.0 Å². The molecule has 3 aliphatic rings. The van der Waals surface area contributed by atoms with Crippen molar-refractivity contribution in [1.82, 2.24) is 0 Å². The molecule has 0 aromatic heterocycles. The van der Waals surface area contributed by atoms with Crippen molar-refractivity contribution in [3.05, 3.63) is 46.7 Å². The molecule has 3 saturated carbocycles. The number of rotatable bonds is 5. The van der Waals surface area contributed by atoms with Crippen LogP contribution in [-0.2, 0) is 9.84 Å². The van der Waals surface area contributed by atoms with Crippen molar-refractivity contribution in [1.29, 1.82) is 0 Å². The number of hydrogen-bond acceptors (Lipinski definition) is 4. The molecule has 0 spiro atoms. The first-order valence-corrected chi connectivity index (χ1v) is 14.2. The van der Waals surface area contributed by atoms with Crippen molar-refractivity contribution in [2.75, 3.05) is 0 Å². The van der Waals surface area contributed by atoms with Gasteiger partial charge in [-0.1, -0.05) is 38.2 Å². The lowest BCUT2D eigenvalue weighted by Gasteiger charge is -2.44. The molecule has 34 heavy (non-hydrogen) atoms. The van der Waals surface area contributed by atoms with Crippen molar-refractivity contribution in [3.8, 4) is 0 Å². The second-order valence-electron chi connectivity index (χ2n) is 12.0. The molecule has 6 heteroatoms. The molecular weight excluding hydrogens is 451 g/mol. The largest absolute Gasteiger partial charge is 0.393 e. The van der Waals surface area contributed by atoms with Gasteiger partial charge in [0, 0.05) is 6.42 Å². The second-order valence-corrected chi connectivity index (χ2v) is 14.6. The lowest BCUT2D eigenvalue weighted by Crippen LogP contribution is -2.36. The SMILES string of the molecule is C=C1/C(=C\C=C2/CCC[C@]3(C)[C@@H]([C@H](C)C/C=C(\F)S(=O)(=O)C(C)(C)C)CC[C@@H]23)C[C@@H](O)C[C@@H]1O. The van der Waals surface area contributed by atoms with Gasteiger partial charge in [0.2, 0.25) is 15.0 Å². The van der Waals surface area contributed by atoms with Crippen molar-refractivity contribution in [3.63, 3.8) is 0 Å². The van der Waals surface area contributed by atoms with E-state index in [-0.39, 0.29) is 11.3 Å². The normalized spacial score (nSPS) is 36.7. The zero-order valence-electron chi connectivity index (χ0n) is 21.5. The summed E-state index contributed by atoms with van der Waals surface area (Å²) >= 11 is 0. The van der Waals surface area contributed by atoms with E-state index in [1.807, 2.05) is 6.08 Å². The minimum Gasteiger partial charge on any atom is -0.393 e. The minimum absolute atomic E-state index is 0.109. The summed E-state index contributed by atoms with van der Waals surface area (Å²) in [6.45, 7) is 13.1. The average Bonchev–Trinajstić information content (AvgIpc) is 3.09. The molecule has 0 aromatic rings. The molecule has 192 valence electrons. The summed E-state index contributed by atoms with van der Waals surface area (Å²) in [6, 6.07) is 0. The van der Waals surface area contributed by atoms with Crippen LogP contribution in [-0.4, -0.2) is 35.6 Å². The van der Waals surface area contributed by atoms with Crippen LogP contribution in [0.4, 0.5) is 4.39 Å². The summed E-state index contributed by atoms with van der Waals surface area (Å²) in [5, 5.41) is 19.2. The summed E-state index contributed by atoms with van der Waals surface area (Å²) in [7, 11) is -3.94. The van der Waals surface area contributed by atoms with Gasteiger partial charge in [-0.05, 0) is 106 Å². The molecule has 0 radical (unpaired) electrons. The maximum atomic E-state index is 14.6. The number of aliphatic hydroxyl groups excluding tert-OH is 2. The van der Waals surface area contributed by atoms with E-state index in [4.69, 9.17) is 0 Å². The maximum absolute atomic E-state index is 14.6. The van der Waals surface area contributed by atoms with Crippen LogP contribution >= 0.6 is 0 Å². The van der Waals surface area contributed by atoms with Gasteiger partial charge < -0.3 is 10.2 Å². The Morgan fingerprint density at radius 2 is 1.94 bits per heavy atom. The number of allylic oxidation sites excluding steroid dienone is 4. The molecule has 4 nitrogen and oxygen atoms in total. The number of hydrogen-bond donors (Lipinski definition) is 2. The Bertz CT molecular complexity index is 984. The first-order valence-electron chi connectivity index (χ1n) is 12.7. The van der Waals surface area contributed by atoms with Gasteiger partial charge in [-0.2, -0.15) is 4.39 Å². The highest BCUT2D eigenvalue weighted by molar-refractivity contribution is 7.96. The van der Waals surface area contributed by atoms with Crippen LogP contribution in [0, 0.1) is 23.2 Å². The van der Waals surface area contributed by atoms with E-state index in [2.05, 4.69) is 26.5 Å². The lowest BCUT2D eigenvalue weighted by molar-refractivity contribution is 0.0862. The highest BCUT2D eigenvalue weighted by atomic mass is 32.2. The first kappa shape index (κ1) is 27.3. The van der Waals surface area contributed by atoms with Crippen molar-refractivity contribution >= 4 is 9.84 Å². The van der Waals surface area contributed by atoms with Gasteiger partial charge in [-0.25, -0.2) is 8.42 Å². The van der Waals surface area contributed by atoms with Crippen molar-refractivity contribution in [2.45, 2.75) is 103 Å². The second kappa shape index (κ2) is 10.0. The zero-order valence-corrected chi connectivity index (χ0v) is 22.3. The highest BCUT2D eigenvalue weighted by Crippen LogP contribution is 2.59. The van der Waals surface area contributed by atoms with Gasteiger partial charge >= 0.3 is 0 Å².